The zero-order valence-electron chi connectivity index (χ0n) is 5.64. The summed E-state index contributed by atoms with van der Waals surface area (Å²) in [5.74, 6) is 0. The van der Waals surface area contributed by atoms with Gasteiger partial charge in [0.1, 0.15) is 0 Å². The van der Waals surface area contributed by atoms with Crippen molar-refractivity contribution < 1.29 is 13.6 Å². The van der Waals surface area contributed by atoms with Crippen molar-refractivity contribution in [3.8, 4) is 0 Å². The fourth-order valence-corrected chi connectivity index (χ4v) is 0.250. The highest BCUT2D eigenvalue weighted by molar-refractivity contribution is 7.33. The molecule has 0 fully saturated rings. The normalized spacial score (nSPS) is 7.44. The van der Waals surface area contributed by atoms with Gasteiger partial charge >= 0.3 is 8.25 Å². The maximum absolute atomic E-state index is 9.92. The van der Waals surface area contributed by atoms with Crippen molar-refractivity contribution in [2.75, 3.05) is 14.2 Å². The van der Waals surface area contributed by atoms with Crippen LogP contribution in [0.2, 0.25) is 0 Å². The summed E-state index contributed by atoms with van der Waals surface area (Å²) in [4.78, 5) is 0. The Kier molecular flexibility index (Phi) is 13.5. The molecule has 0 bridgehead atoms. The van der Waals surface area contributed by atoms with Gasteiger partial charge < -0.3 is 9.05 Å². The molecule has 0 atom stereocenters. The van der Waals surface area contributed by atoms with Gasteiger partial charge in [-0.2, -0.15) is 0 Å². The van der Waals surface area contributed by atoms with E-state index in [1.807, 2.05) is 0 Å². The van der Waals surface area contributed by atoms with Crippen molar-refractivity contribution in [1.82, 2.24) is 0 Å². The third-order valence-corrected chi connectivity index (χ3v) is 1.00. The lowest BCUT2D eigenvalue weighted by Crippen LogP contribution is -1.66. The Morgan fingerprint density at radius 2 is 1.56 bits per heavy atom. The van der Waals surface area contributed by atoms with Gasteiger partial charge in [0.15, 0.2) is 0 Å². The molecule has 4 heteroatoms. The van der Waals surface area contributed by atoms with Gasteiger partial charge in [-0.1, -0.05) is 13.2 Å². The average Bonchev–Trinajstić information content (AvgIpc) is 1.88. The zero-order chi connectivity index (χ0) is 7.70. The van der Waals surface area contributed by atoms with Crippen LogP contribution in [0.1, 0.15) is 0 Å². The predicted octanol–water partition coefficient (Wildman–Crippen LogP) is 1.63. The first-order valence-electron chi connectivity index (χ1n) is 2.14. The van der Waals surface area contributed by atoms with Crippen LogP contribution in [0.5, 0.6) is 0 Å². The molecule has 0 saturated heterocycles. The van der Waals surface area contributed by atoms with Crippen molar-refractivity contribution in [2.45, 2.75) is 0 Å². The molecular weight excluding hydrogens is 139 g/mol. The van der Waals surface area contributed by atoms with Gasteiger partial charge in [-0.15, -0.1) is 5.73 Å². The second kappa shape index (κ2) is 10.6. The first kappa shape index (κ1) is 11.5. The summed E-state index contributed by atoms with van der Waals surface area (Å²) < 4.78 is 18.4. The molecule has 0 aromatic rings. The maximum Gasteiger partial charge on any atom is 0.318 e. The van der Waals surface area contributed by atoms with E-state index in [2.05, 4.69) is 27.9 Å². The molecule has 3 nitrogen and oxygen atoms in total. The van der Waals surface area contributed by atoms with E-state index in [1.165, 1.54) is 14.2 Å². The summed E-state index contributed by atoms with van der Waals surface area (Å²) in [5.41, 5.74) is 2.25. The van der Waals surface area contributed by atoms with Crippen LogP contribution in [0.4, 0.5) is 0 Å². The van der Waals surface area contributed by atoms with E-state index in [4.69, 9.17) is 0 Å². The highest BCUT2D eigenvalue weighted by atomic mass is 31.1. The van der Waals surface area contributed by atoms with E-state index in [0.717, 1.165) is 0 Å². The van der Waals surface area contributed by atoms with Crippen LogP contribution in [0.15, 0.2) is 18.9 Å². The summed E-state index contributed by atoms with van der Waals surface area (Å²) in [6.45, 7) is 6.25. The first-order valence-corrected chi connectivity index (χ1v) is 3.36. The Morgan fingerprint density at radius 3 is 1.56 bits per heavy atom. The van der Waals surface area contributed by atoms with Crippen LogP contribution in [0.3, 0.4) is 0 Å². The largest absolute Gasteiger partial charge is 0.318 e. The summed E-state index contributed by atoms with van der Waals surface area (Å²) in [6, 6.07) is 0. The molecule has 0 rings (SSSR count). The van der Waals surface area contributed by atoms with Crippen molar-refractivity contribution in [1.29, 1.82) is 0 Å². The molecular formula is C5H11O3P. The second-order valence-electron chi connectivity index (χ2n) is 0.908. The molecule has 0 N–H and O–H groups in total. The third kappa shape index (κ3) is 18.3. The van der Waals surface area contributed by atoms with Crippen LogP contribution < -0.4 is 0 Å². The molecule has 0 radical (unpaired) electrons. The summed E-state index contributed by atoms with van der Waals surface area (Å²) in [5, 5.41) is 0. The Labute approximate surface area is 55.9 Å². The van der Waals surface area contributed by atoms with Crippen LogP contribution >= 0.6 is 8.25 Å². The SMILES string of the molecule is C=C=C.CO[PH](=O)OC. The summed E-state index contributed by atoms with van der Waals surface area (Å²) in [7, 11) is 0.558. The molecule has 0 aliphatic carbocycles. The Bertz CT molecular complexity index is 98.8. The van der Waals surface area contributed by atoms with Gasteiger partial charge in [0.05, 0.1) is 0 Å². The number of hydrogen-bond donors (Lipinski definition) is 0. The molecule has 0 heterocycles. The highest BCUT2D eigenvalue weighted by Gasteiger charge is 1.83. The molecule has 0 spiro atoms. The van der Waals surface area contributed by atoms with E-state index in [0.29, 0.717) is 0 Å². The van der Waals surface area contributed by atoms with Gasteiger partial charge in [0.25, 0.3) is 0 Å². The minimum absolute atomic E-state index is 1.34. The fourth-order valence-electron chi connectivity index (χ4n) is 0.0833. The molecule has 54 valence electrons. The van der Waals surface area contributed by atoms with Gasteiger partial charge in [0.2, 0.25) is 0 Å². The van der Waals surface area contributed by atoms with Crippen LogP contribution in [0, 0.1) is 0 Å². The lowest BCUT2D eigenvalue weighted by Gasteiger charge is -1.89. The van der Waals surface area contributed by atoms with Gasteiger partial charge in [0, 0.05) is 14.2 Å². The maximum atomic E-state index is 9.92. The van der Waals surface area contributed by atoms with Gasteiger partial charge in [-0.3, -0.25) is 4.57 Å². The second-order valence-corrected chi connectivity index (χ2v) is 2.22. The Morgan fingerprint density at radius 1 is 1.33 bits per heavy atom. The van der Waals surface area contributed by atoms with E-state index in [1.54, 1.807) is 0 Å². The quantitative estimate of drug-likeness (QED) is 0.443. The number of hydrogen-bond acceptors (Lipinski definition) is 3. The van der Waals surface area contributed by atoms with E-state index < -0.39 is 8.25 Å². The van der Waals surface area contributed by atoms with Crippen molar-refractivity contribution in [3.63, 3.8) is 0 Å². The number of rotatable bonds is 2. The smallest absolute Gasteiger partial charge is 0.314 e. The van der Waals surface area contributed by atoms with Crippen LogP contribution in [-0.4, -0.2) is 14.2 Å². The molecule has 0 aromatic heterocycles. The summed E-state index contributed by atoms with van der Waals surface area (Å²) in [6.07, 6.45) is 0. The standard InChI is InChI=1S/C3H4.C2H7O3P/c1-3-2;1-4-6(3)5-2/h1-2H2;6H,1-2H3. The van der Waals surface area contributed by atoms with E-state index >= 15 is 0 Å². The zero-order valence-corrected chi connectivity index (χ0v) is 6.64. The highest BCUT2D eigenvalue weighted by Crippen LogP contribution is 2.18. The monoisotopic (exact) mass is 150 g/mol. The minimum atomic E-state index is -2.12. The topological polar surface area (TPSA) is 35.5 Å². The predicted molar refractivity (Wildman–Crippen MR) is 37.8 cm³/mol. The first-order chi connectivity index (χ1) is 4.22. The van der Waals surface area contributed by atoms with Gasteiger partial charge in [-0.05, 0) is 0 Å². The van der Waals surface area contributed by atoms with E-state index in [-0.39, 0.29) is 0 Å². The molecule has 9 heavy (non-hydrogen) atoms. The molecule has 0 aromatic carbocycles. The minimum Gasteiger partial charge on any atom is -0.314 e. The van der Waals surface area contributed by atoms with Gasteiger partial charge in [-0.25, -0.2) is 0 Å². The molecule has 0 unspecified atom stereocenters. The molecule has 0 saturated carbocycles. The average molecular weight is 150 g/mol. The fraction of sp³-hybridized carbons (Fsp3) is 0.400. The molecule has 0 aliphatic rings. The van der Waals surface area contributed by atoms with Crippen molar-refractivity contribution in [3.05, 3.63) is 18.9 Å². The summed E-state index contributed by atoms with van der Waals surface area (Å²) >= 11 is 0. The van der Waals surface area contributed by atoms with Crippen molar-refractivity contribution in [2.24, 2.45) is 0 Å². The third-order valence-electron chi connectivity index (χ3n) is 0.333. The van der Waals surface area contributed by atoms with Crippen molar-refractivity contribution >= 4 is 8.25 Å². The molecule has 0 amide bonds. The lowest BCUT2D eigenvalue weighted by molar-refractivity contribution is 0.302. The molecule has 0 aliphatic heterocycles. The Balaban J connectivity index is 0. The van der Waals surface area contributed by atoms with Crippen LogP contribution in [-0.2, 0) is 13.6 Å². The lowest BCUT2D eigenvalue weighted by atomic mass is 11.0. The Hall–Kier alpha value is -0.330. The van der Waals surface area contributed by atoms with Crippen LogP contribution in [0.25, 0.3) is 0 Å². The van der Waals surface area contributed by atoms with E-state index in [9.17, 15) is 4.57 Å².